The largest absolute Gasteiger partial charge is 0.370 e. The molecule has 1 aromatic rings. The van der Waals surface area contributed by atoms with E-state index < -0.39 is 0 Å². The lowest BCUT2D eigenvalue weighted by Gasteiger charge is -2.15. The van der Waals surface area contributed by atoms with Crippen molar-refractivity contribution in [2.24, 2.45) is 0 Å². The Balaban J connectivity index is 2.27. The lowest BCUT2D eigenvalue weighted by molar-refractivity contribution is 0.119. The molecule has 0 fully saturated rings. The van der Waals surface area contributed by atoms with E-state index in [-0.39, 0.29) is 0 Å². The number of nitrogens with zero attached hydrogens (tertiary/aromatic N) is 1. The van der Waals surface area contributed by atoms with Crippen LogP contribution in [0, 0.1) is 0 Å². The van der Waals surface area contributed by atoms with Gasteiger partial charge in [0.1, 0.15) is 0 Å². The van der Waals surface area contributed by atoms with E-state index in [2.05, 4.69) is 34.9 Å². The van der Waals surface area contributed by atoms with Gasteiger partial charge in [-0.15, -0.1) is 0 Å². The van der Waals surface area contributed by atoms with Crippen LogP contribution >= 0.6 is 0 Å². The van der Waals surface area contributed by atoms with E-state index in [1.807, 2.05) is 0 Å². The predicted octanol–water partition coefficient (Wildman–Crippen LogP) is 0.415. The highest BCUT2D eigenvalue weighted by Crippen LogP contribution is 1.99. The molecule has 0 amide bonds. The molecule has 0 aromatic heterocycles. The van der Waals surface area contributed by atoms with E-state index in [4.69, 9.17) is 4.74 Å². The second kappa shape index (κ2) is 5.91. The molecule has 0 saturated carbocycles. The molecular weight excluding hydrogens is 178 g/mol. The van der Waals surface area contributed by atoms with Crippen molar-refractivity contribution < 1.29 is 4.74 Å². The first kappa shape index (κ1) is 10.4. The second-order valence-electron chi connectivity index (χ2n) is 3.23. The molecule has 0 spiro atoms. The van der Waals surface area contributed by atoms with Crippen LogP contribution in [-0.2, 0) is 11.2 Å². The quantitative estimate of drug-likeness (QED) is 0.498. The van der Waals surface area contributed by atoms with Gasteiger partial charge in [-0.05, 0) is 18.5 Å². The molecule has 0 heterocycles. The summed E-state index contributed by atoms with van der Waals surface area (Å²) in [4.78, 5) is 0. The maximum absolute atomic E-state index is 5.05. The average molecular weight is 195 g/mol. The van der Waals surface area contributed by atoms with Gasteiger partial charge in [0.05, 0.1) is 17.1 Å². The van der Waals surface area contributed by atoms with Gasteiger partial charge in [0.25, 0.3) is 0 Å². The molecule has 0 aliphatic heterocycles. The molecule has 0 aliphatic carbocycles. The SMILES string of the molecule is COCN([SiH3])CCc1ccccc1. The molecule has 72 valence electrons. The molecule has 3 heteroatoms. The average Bonchev–Trinajstić information content (AvgIpc) is 2.17. The van der Waals surface area contributed by atoms with Crippen molar-refractivity contribution in [3.05, 3.63) is 35.9 Å². The van der Waals surface area contributed by atoms with E-state index in [9.17, 15) is 0 Å². The maximum atomic E-state index is 5.05. The van der Waals surface area contributed by atoms with Gasteiger partial charge in [-0.25, -0.2) is 0 Å². The first-order chi connectivity index (χ1) is 6.33. The van der Waals surface area contributed by atoms with Crippen LogP contribution in [0.4, 0.5) is 0 Å². The highest BCUT2D eigenvalue weighted by atomic mass is 28.2. The summed E-state index contributed by atoms with van der Waals surface area (Å²) in [6.07, 6.45) is 1.12. The van der Waals surface area contributed by atoms with E-state index in [0.717, 1.165) is 30.1 Å². The third-order valence-corrected chi connectivity index (χ3v) is 2.68. The fraction of sp³-hybridized carbons (Fsp3) is 0.400. The number of methoxy groups -OCH3 is 1. The van der Waals surface area contributed by atoms with Gasteiger partial charge in [-0.2, -0.15) is 0 Å². The molecule has 0 atom stereocenters. The molecule has 0 unspecified atom stereocenters. The van der Waals surface area contributed by atoms with Crippen molar-refractivity contribution in [2.45, 2.75) is 6.42 Å². The molecule has 1 aromatic carbocycles. The van der Waals surface area contributed by atoms with Gasteiger partial charge in [-0.3, -0.25) is 0 Å². The third kappa shape index (κ3) is 4.22. The molecule has 2 nitrogen and oxygen atoms in total. The minimum Gasteiger partial charge on any atom is -0.370 e. The highest BCUT2D eigenvalue weighted by Gasteiger charge is 1.96. The van der Waals surface area contributed by atoms with Gasteiger partial charge in [0.15, 0.2) is 0 Å². The topological polar surface area (TPSA) is 12.5 Å². The number of hydrogen-bond donors (Lipinski definition) is 0. The van der Waals surface area contributed by atoms with Gasteiger partial charge in [0.2, 0.25) is 0 Å². The molecule has 13 heavy (non-hydrogen) atoms. The van der Waals surface area contributed by atoms with E-state index in [1.165, 1.54) is 5.56 Å². The van der Waals surface area contributed by atoms with Crippen LogP contribution in [-0.4, -0.2) is 35.4 Å². The first-order valence-electron chi connectivity index (χ1n) is 4.54. The summed E-state index contributed by atoms with van der Waals surface area (Å²) in [5.74, 6) is 0. The molecule has 0 N–H and O–H groups in total. The Kier molecular flexibility index (Phi) is 4.75. The van der Waals surface area contributed by atoms with Crippen molar-refractivity contribution in [3.63, 3.8) is 0 Å². The van der Waals surface area contributed by atoms with Crippen molar-refractivity contribution >= 4 is 10.4 Å². The summed E-state index contributed by atoms with van der Waals surface area (Å²) in [6, 6.07) is 10.6. The van der Waals surface area contributed by atoms with Crippen LogP contribution in [0.1, 0.15) is 5.56 Å². The molecule has 0 aliphatic rings. The minimum absolute atomic E-state index is 0.763. The number of ether oxygens (including phenoxy) is 1. The number of hydrogen-bond acceptors (Lipinski definition) is 2. The molecular formula is C10H17NOSi. The summed E-state index contributed by atoms with van der Waals surface area (Å²) >= 11 is 0. The Morgan fingerprint density at radius 3 is 2.62 bits per heavy atom. The Labute approximate surface area is 83.0 Å². The molecule has 0 radical (unpaired) electrons. The Morgan fingerprint density at radius 2 is 2.00 bits per heavy atom. The minimum atomic E-state index is 0.763. The van der Waals surface area contributed by atoms with Crippen LogP contribution < -0.4 is 0 Å². The standard InChI is InChI=1S/C10H17NOSi/c1-12-9-11(13)8-7-10-5-3-2-4-6-10/h2-6H,7-9H2,1,13H3. The third-order valence-electron chi connectivity index (χ3n) is 1.97. The summed E-state index contributed by atoms with van der Waals surface area (Å²) in [7, 11) is 2.81. The number of benzene rings is 1. The smallest absolute Gasteiger partial charge is 0.0921 e. The summed E-state index contributed by atoms with van der Waals surface area (Å²) in [6.45, 7) is 1.86. The van der Waals surface area contributed by atoms with Crippen LogP contribution in [0.15, 0.2) is 30.3 Å². The van der Waals surface area contributed by atoms with Crippen molar-refractivity contribution in [3.8, 4) is 0 Å². The van der Waals surface area contributed by atoms with Gasteiger partial charge in [0, 0.05) is 7.11 Å². The van der Waals surface area contributed by atoms with E-state index in [1.54, 1.807) is 7.11 Å². The monoisotopic (exact) mass is 195 g/mol. The van der Waals surface area contributed by atoms with Crippen molar-refractivity contribution in [1.82, 2.24) is 4.57 Å². The van der Waals surface area contributed by atoms with E-state index >= 15 is 0 Å². The predicted molar refractivity (Wildman–Crippen MR) is 58.7 cm³/mol. The summed E-state index contributed by atoms with van der Waals surface area (Å²) in [5.41, 5.74) is 1.40. The lowest BCUT2D eigenvalue weighted by atomic mass is 10.1. The highest BCUT2D eigenvalue weighted by molar-refractivity contribution is 6.04. The van der Waals surface area contributed by atoms with Crippen molar-refractivity contribution in [2.75, 3.05) is 20.4 Å². The van der Waals surface area contributed by atoms with Gasteiger partial charge in [-0.1, -0.05) is 30.3 Å². The van der Waals surface area contributed by atoms with Crippen LogP contribution in [0.25, 0.3) is 0 Å². The molecule has 0 saturated heterocycles. The van der Waals surface area contributed by atoms with Crippen LogP contribution in [0.2, 0.25) is 0 Å². The van der Waals surface area contributed by atoms with Gasteiger partial charge >= 0.3 is 0 Å². The first-order valence-corrected chi connectivity index (χ1v) is 5.44. The Morgan fingerprint density at radius 1 is 1.31 bits per heavy atom. The normalized spacial score (nSPS) is 10.9. The fourth-order valence-corrected chi connectivity index (χ4v) is 1.73. The van der Waals surface area contributed by atoms with E-state index in [0.29, 0.717) is 0 Å². The maximum Gasteiger partial charge on any atom is 0.0921 e. The Bertz CT molecular complexity index is 228. The Hall–Kier alpha value is -0.643. The van der Waals surface area contributed by atoms with Gasteiger partial charge < -0.3 is 9.30 Å². The van der Waals surface area contributed by atoms with Crippen LogP contribution in [0.5, 0.6) is 0 Å². The number of rotatable bonds is 5. The van der Waals surface area contributed by atoms with Crippen molar-refractivity contribution in [1.29, 1.82) is 0 Å². The molecule has 0 bridgehead atoms. The zero-order valence-corrected chi connectivity index (χ0v) is 10.4. The fourth-order valence-electron chi connectivity index (χ4n) is 1.25. The molecule has 1 rings (SSSR count). The summed E-state index contributed by atoms with van der Waals surface area (Å²) < 4.78 is 7.35. The van der Waals surface area contributed by atoms with Crippen LogP contribution in [0.3, 0.4) is 0 Å². The zero-order valence-electron chi connectivity index (χ0n) is 8.36. The second-order valence-corrected chi connectivity index (χ2v) is 4.50. The lowest BCUT2D eigenvalue weighted by Crippen LogP contribution is -2.25. The summed E-state index contributed by atoms with van der Waals surface area (Å²) in [5, 5.41) is 0. The zero-order chi connectivity index (χ0) is 9.52.